The number of thioether (sulfide) groups is 1. The van der Waals surface area contributed by atoms with Gasteiger partial charge in [0, 0.05) is 23.4 Å². The van der Waals surface area contributed by atoms with Gasteiger partial charge in [-0.05, 0) is 31.1 Å². The quantitative estimate of drug-likeness (QED) is 0.669. The number of benzene rings is 1. The zero-order valence-corrected chi connectivity index (χ0v) is 12.5. The van der Waals surface area contributed by atoms with Crippen molar-refractivity contribution in [1.82, 2.24) is 5.32 Å². The molecule has 0 bridgehead atoms. The van der Waals surface area contributed by atoms with Crippen LogP contribution in [0.3, 0.4) is 0 Å². The molecule has 0 aliphatic heterocycles. The van der Waals surface area contributed by atoms with Gasteiger partial charge in [0.05, 0.1) is 10.5 Å². The average Bonchev–Trinajstić information content (AvgIpc) is 2.86. The first kappa shape index (κ1) is 15.8. The third kappa shape index (κ3) is 3.93. The van der Waals surface area contributed by atoms with Crippen molar-refractivity contribution in [3.63, 3.8) is 0 Å². The molecule has 1 fully saturated rings. The Kier molecular flexibility index (Phi) is 5.17. The lowest BCUT2D eigenvalue weighted by Crippen LogP contribution is -2.33. The number of carbonyl (C=O) groups is 1. The number of nitrogens with one attached hydrogen (secondary N) is 1. The summed E-state index contributed by atoms with van der Waals surface area (Å²) < 4.78 is 13.7. The second-order valence-electron chi connectivity index (χ2n) is 4.98. The monoisotopic (exact) mass is 312 g/mol. The van der Waals surface area contributed by atoms with Crippen molar-refractivity contribution in [2.24, 2.45) is 0 Å². The molecule has 0 spiro atoms. The topological polar surface area (TPSA) is 72.2 Å². The molecule has 1 aromatic rings. The van der Waals surface area contributed by atoms with Gasteiger partial charge >= 0.3 is 0 Å². The van der Waals surface area contributed by atoms with Crippen molar-refractivity contribution in [1.29, 1.82) is 0 Å². The minimum absolute atomic E-state index is 0.0141. The van der Waals surface area contributed by atoms with Crippen LogP contribution in [-0.2, 0) is 0 Å². The molecule has 2 atom stereocenters. The van der Waals surface area contributed by atoms with Crippen molar-refractivity contribution in [3.05, 3.63) is 39.7 Å². The number of hydrogen-bond acceptors (Lipinski definition) is 4. The van der Waals surface area contributed by atoms with E-state index >= 15 is 0 Å². The van der Waals surface area contributed by atoms with E-state index in [2.05, 4.69) is 12.2 Å². The van der Waals surface area contributed by atoms with Gasteiger partial charge in [-0.3, -0.25) is 14.9 Å². The van der Waals surface area contributed by atoms with Crippen LogP contribution in [0.25, 0.3) is 0 Å². The molecule has 1 aromatic carbocycles. The number of rotatable bonds is 5. The average molecular weight is 312 g/mol. The van der Waals surface area contributed by atoms with Crippen molar-refractivity contribution >= 4 is 23.4 Å². The van der Waals surface area contributed by atoms with E-state index in [0.717, 1.165) is 43.2 Å². The first-order valence-corrected chi connectivity index (χ1v) is 7.92. The molecule has 5 nitrogen and oxygen atoms in total. The number of non-ortho nitro benzene ring substituents is 1. The molecule has 2 rings (SSSR count). The summed E-state index contributed by atoms with van der Waals surface area (Å²) in [6, 6.07) is 3.01. The molecular formula is C14H17FN2O3S. The standard InChI is InChI=1S/C14H17FN2O3S/c1-2-21-11-5-3-9(7-11)16-14(18)12-8-10(17(19)20)4-6-13(12)15/h4,6,8-9,11H,2-3,5,7H2,1H3,(H,16,18). The van der Waals surface area contributed by atoms with Crippen LogP contribution in [0.4, 0.5) is 10.1 Å². The Morgan fingerprint density at radius 3 is 2.95 bits per heavy atom. The maximum absolute atomic E-state index is 13.7. The lowest BCUT2D eigenvalue weighted by Gasteiger charge is -2.13. The molecule has 0 aromatic heterocycles. The van der Waals surface area contributed by atoms with Crippen LogP contribution in [0.2, 0.25) is 0 Å². The van der Waals surface area contributed by atoms with Gasteiger partial charge in [0.2, 0.25) is 0 Å². The molecule has 0 radical (unpaired) electrons. The Labute approximate surface area is 126 Å². The lowest BCUT2D eigenvalue weighted by molar-refractivity contribution is -0.384. The minimum atomic E-state index is -0.740. The molecule has 114 valence electrons. The molecule has 0 saturated heterocycles. The largest absolute Gasteiger partial charge is 0.349 e. The van der Waals surface area contributed by atoms with E-state index in [0.29, 0.717) is 5.25 Å². The number of halogens is 1. The van der Waals surface area contributed by atoms with Crippen molar-refractivity contribution < 1.29 is 14.1 Å². The van der Waals surface area contributed by atoms with Gasteiger partial charge in [0.1, 0.15) is 5.82 Å². The van der Waals surface area contributed by atoms with Crippen LogP contribution >= 0.6 is 11.8 Å². The zero-order chi connectivity index (χ0) is 15.4. The minimum Gasteiger partial charge on any atom is -0.349 e. The highest BCUT2D eigenvalue weighted by molar-refractivity contribution is 7.99. The maximum Gasteiger partial charge on any atom is 0.270 e. The Hall–Kier alpha value is -1.63. The van der Waals surface area contributed by atoms with Gasteiger partial charge in [-0.2, -0.15) is 11.8 Å². The summed E-state index contributed by atoms with van der Waals surface area (Å²) >= 11 is 1.86. The summed E-state index contributed by atoms with van der Waals surface area (Å²) in [7, 11) is 0. The van der Waals surface area contributed by atoms with E-state index in [1.54, 1.807) is 0 Å². The summed E-state index contributed by atoms with van der Waals surface area (Å²) in [5, 5.41) is 14.0. The van der Waals surface area contributed by atoms with Crippen LogP contribution in [0, 0.1) is 15.9 Å². The zero-order valence-electron chi connectivity index (χ0n) is 11.7. The van der Waals surface area contributed by atoms with Crippen LogP contribution in [0.5, 0.6) is 0 Å². The molecule has 0 heterocycles. The van der Waals surface area contributed by atoms with Gasteiger partial charge in [0.15, 0.2) is 0 Å². The van der Waals surface area contributed by atoms with Gasteiger partial charge in [-0.1, -0.05) is 6.92 Å². The van der Waals surface area contributed by atoms with Crippen molar-refractivity contribution in [2.75, 3.05) is 5.75 Å². The van der Waals surface area contributed by atoms with E-state index in [4.69, 9.17) is 0 Å². The lowest BCUT2D eigenvalue weighted by atomic mass is 10.1. The number of nitrogens with zero attached hydrogens (tertiary/aromatic N) is 1. The van der Waals surface area contributed by atoms with E-state index in [-0.39, 0.29) is 17.3 Å². The van der Waals surface area contributed by atoms with E-state index in [9.17, 15) is 19.3 Å². The molecule has 7 heteroatoms. The smallest absolute Gasteiger partial charge is 0.270 e. The molecule has 2 unspecified atom stereocenters. The van der Waals surface area contributed by atoms with Gasteiger partial charge in [-0.25, -0.2) is 4.39 Å². The number of amides is 1. The summed E-state index contributed by atoms with van der Waals surface area (Å²) in [6.45, 7) is 2.09. The third-order valence-electron chi connectivity index (χ3n) is 3.53. The summed E-state index contributed by atoms with van der Waals surface area (Å²) in [6.07, 6.45) is 2.75. The highest BCUT2D eigenvalue weighted by Crippen LogP contribution is 2.30. The summed E-state index contributed by atoms with van der Waals surface area (Å²) in [4.78, 5) is 22.1. The SMILES string of the molecule is CCSC1CCC(NC(=O)c2cc([N+](=O)[O-])ccc2F)C1. The first-order valence-electron chi connectivity index (χ1n) is 6.87. The van der Waals surface area contributed by atoms with Crippen molar-refractivity contribution in [3.8, 4) is 0 Å². The molecule has 1 amide bonds. The second-order valence-corrected chi connectivity index (χ2v) is 6.56. The Balaban J connectivity index is 2.04. The summed E-state index contributed by atoms with van der Waals surface area (Å²) in [5.74, 6) is -0.288. The number of hydrogen-bond donors (Lipinski definition) is 1. The van der Waals surface area contributed by atoms with Gasteiger partial charge in [0.25, 0.3) is 11.6 Å². The fourth-order valence-electron chi connectivity index (χ4n) is 2.52. The predicted molar refractivity (Wildman–Crippen MR) is 80.1 cm³/mol. The van der Waals surface area contributed by atoms with E-state index in [1.165, 1.54) is 0 Å². The molecular weight excluding hydrogens is 295 g/mol. The first-order chi connectivity index (χ1) is 10.0. The highest BCUT2D eigenvalue weighted by Gasteiger charge is 2.27. The molecule has 1 saturated carbocycles. The van der Waals surface area contributed by atoms with E-state index < -0.39 is 16.6 Å². The molecule has 1 aliphatic carbocycles. The van der Waals surface area contributed by atoms with Crippen LogP contribution in [-0.4, -0.2) is 27.9 Å². The Morgan fingerprint density at radius 2 is 2.29 bits per heavy atom. The van der Waals surface area contributed by atoms with Crippen LogP contribution < -0.4 is 5.32 Å². The van der Waals surface area contributed by atoms with Crippen molar-refractivity contribution in [2.45, 2.75) is 37.5 Å². The number of nitro groups is 1. The Morgan fingerprint density at radius 1 is 1.52 bits per heavy atom. The van der Waals surface area contributed by atoms with Crippen LogP contribution in [0.15, 0.2) is 18.2 Å². The fourth-order valence-corrected chi connectivity index (χ4v) is 3.66. The summed E-state index contributed by atoms with van der Waals surface area (Å²) in [5.41, 5.74) is -0.553. The fraction of sp³-hybridized carbons (Fsp3) is 0.500. The Bertz CT molecular complexity index is 553. The molecule has 21 heavy (non-hydrogen) atoms. The number of nitro benzene ring substituents is 1. The second kappa shape index (κ2) is 6.89. The van der Waals surface area contributed by atoms with Gasteiger partial charge in [-0.15, -0.1) is 0 Å². The third-order valence-corrected chi connectivity index (χ3v) is 4.76. The van der Waals surface area contributed by atoms with Crippen LogP contribution in [0.1, 0.15) is 36.5 Å². The van der Waals surface area contributed by atoms with Gasteiger partial charge < -0.3 is 5.32 Å². The predicted octanol–water partition coefficient (Wildman–Crippen LogP) is 3.14. The highest BCUT2D eigenvalue weighted by atomic mass is 32.2. The number of carbonyl (C=O) groups excluding carboxylic acids is 1. The molecule has 1 N–H and O–H groups in total. The normalized spacial score (nSPS) is 21.2. The maximum atomic E-state index is 13.7. The molecule has 1 aliphatic rings. The van der Waals surface area contributed by atoms with E-state index in [1.807, 2.05) is 11.8 Å².